The second kappa shape index (κ2) is 9.25. The summed E-state index contributed by atoms with van der Waals surface area (Å²) in [4.78, 5) is 16.1. The molecule has 9 heteroatoms. The van der Waals surface area contributed by atoms with Gasteiger partial charge in [-0.3, -0.25) is 9.67 Å². The number of aryl methyl sites for hydroxylation is 1. The number of nitrogens with zero attached hydrogens (tertiary/aromatic N) is 6. The Morgan fingerprint density at radius 1 is 1.03 bits per heavy atom. The van der Waals surface area contributed by atoms with E-state index >= 15 is 0 Å². The molecule has 0 spiro atoms. The fourth-order valence-electron chi connectivity index (χ4n) is 3.79. The highest BCUT2D eigenvalue weighted by Gasteiger charge is 2.22. The molecule has 0 saturated carbocycles. The quantitative estimate of drug-likeness (QED) is 0.484. The zero-order valence-electron chi connectivity index (χ0n) is 18.6. The molecule has 1 saturated heterocycles. The van der Waals surface area contributed by atoms with Crippen molar-refractivity contribution in [1.82, 2.24) is 24.7 Å². The van der Waals surface area contributed by atoms with E-state index in [0.29, 0.717) is 36.4 Å². The molecule has 0 aliphatic carbocycles. The molecule has 1 aliphatic rings. The normalized spacial score (nSPS) is 13.7. The zero-order chi connectivity index (χ0) is 22.6. The molecule has 0 unspecified atom stereocenters. The van der Waals surface area contributed by atoms with E-state index in [1.807, 2.05) is 49.6 Å². The average molecular weight is 444 g/mol. The maximum absolute atomic E-state index is 5.82. The van der Waals surface area contributed by atoms with Crippen LogP contribution in [0, 0.1) is 0 Å². The summed E-state index contributed by atoms with van der Waals surface area (Å²) in [7, 11) is 3.54. The van der Waals surface area contributed by atoms with E-state index < -0.39 is 0 Å². The van der Waals surface area contributed by atoms with Crippen LogP contribution < -0.4 is 15.0 Å². The van der Waals surface area contributed by atoms with Crippen molar-refractivity contribution in [2.75, 3.05) is 43.6 Å². The molecule has 33 heavy (non-hydrogen) atoms. The van der Waals surface area contributed by atoms with Crippen molar-refractivity contribution in [2.45, 2.75) is 0 Å². The lowest BCUT2D eigenvalue weighted by molar-refractivity contribution is 0.122. The van der Waals surface area contributed by atoms with Gasteiger partial charge in [0.1, 0.15) is 5.69 Å². The van der Waals surface area contributed by atoms with Crippen LogP contribution in [0.5, 0.6) is 5.75 Å². The van der Waals surface area contributed by atoms with Gasteiger partial charge in [0.15, 0.2) is 11.6 Å². The number of ether oxygens (including phenoxy) is 2. The minimum absolute atomic E-state index is 0.564. The molecule has 0 radical (unpaired) electrons. The van der Waals surface area contributed by atoms with Crippen LogP contribution in [0.3, 0.4) is 0 Å². The molecular weight excluding hydrogens is 418 g/mol. The minimum atomic E-state index is 0.564. The lowest BCUT2D eigenvalue weighted by atomic mass is 10.0. The predicted octanol–water partition coefficient (Wildman–Crippen LogP) is 3.53. The van der Waals surface area contributed by atoms with Crippen LogP contribution in [0.15, 0.2) is 61.1 Å². The fraction of sp³-hybridized carbons (Fsp3) is 0.250. The maximum atomic E-state index is 5.82. The van der Waals surface area contributed by atoms with Gasteiger partial charge in [-0.15, -0.1) is 0 Å². The van der Waals surface area contributed by atoms with E-state index in [1.54, 1.807) is 24.2 Å². The van der Waals surface area contributed by atoms with E-state index in [-0.39, 0.29) is 0 Å². The van der Waals surface area contributed by atoms with Gasteiger partial charge in [0, 0.05) is 43.7 Å². The summed E-state index contributed by atoms with van der Waals surface area (Å²) in [6.45, 7) is 2.74. The third-order valence-corrected chi connectivity index (χ3v) is 5.42. The van der Waals surface area contributed by atoms with Crippen LogP contribution in [0.25, 0.3) is 22.5 Å². The standard InChI is InChI=1S/C24H25N7O2/c1-30-10-8-20(29-30)17-5-3-6-18(15-17)21-22(32-2)23(26-19-7-4-9-25-16-19)28-24(27-21)31-11-13-33-14-12-31/h3-10,15-16H,11-14H2,1-2H3,(H,26,27,28). The second-order valence-corrected chi connectivity index (χ2v) is 7.68. The Labute approximate surface area is 192 Å². The number of benzene rings is 1. The van der Waals surface area contributed by atoms with Gasteiger partial charge in [-0.2, -0.15) is 10.1 Å². The summed E-state index contributed by atoms with van der Waals surface area (Å²) in [6.07, 6.45) is 5.41. The van der Waals surface area contributed by atoms with Crippen molar-refractivity contribution in [3.05, 3.63) is 61.1 Å². The number of aromatic nitrogens is 5. The summed E-state index contributed by atoms with van der Waals surface area (Å²) in [5.74, 6) is 1.78. The summed E-state index contributed by atoms with van der Waals surface area (Å²) in [6, 6.07) is 13.9. The molecule has 3 aromatic heterocycles. The first-order valence-corrected chi connectivity index (χ1v) is 10.8. The molecule has 4 heterocycles. The number of morpholine rings is 1. The molecule has 5 rings (SSSR count). The third-order valence-electron chi connectivity index (χ3n) is 5.42. The van der Waals surface area contributed by atoms with E-state index in [4.69, 9.17) is 19.4 Å². The number of methoxy groups -OCH3 is 1. The predicted molar refractivity (Wildman–Crippen MR) is 127 cm³/mol. The van der Waals surface area contributed by atoms with Crippen LogP contribution in [-0.4, -0.2) is 58.1 Å². The smallest absolute Gasteiger partial charge is 0.228 e. The molecule has 1 N–H and O–H groups in total. The molecule has 1 aromatic carbocycles. The number of hydrogen-bond donors (Lipinski definition) is 1. The maximum Gasteiger partial charge on any atom is 0.228 e. The van der Waals surface area contributed by atoms with E-state index in [1.165, 1.54) is 0 Å². The molecule has 9 nitrogen and oxygen atoms in total. The molecule has 0 amide bonds. The third kappa shape index (κ3) is 4.49. The van der Waals surface area contributed by atoms with Crippen molar-refractivity contribution in [2.24, 2.45) is 7.05 Å². The lowest BCUT2D eigenvalue weighted by Gasteiger charge is -2.28. The Hall–Kier alpha value is -3.98. The number of nitrogens with one attached hydrogen (secondary N) is 1. The minimum Gasteiger partial charge on any atom is -0.491 e. The zero-order valence-corrected chi connectivity index (χ0v) is 18.6. The summed E-state index contributed by atoms with van der Waals surface area (Å²) < 4.78 is 13.1. The van der Waals surface area contributed by atoms with Gasteiger partial charge in [-0.05, 0) is 24.3 Å². The van der Waals surface area contributed by atoms with Gasteiger partial charge in [0.25, 0.3) is 0 Å². The van der Waals surface area contributed by atoms with Crippen molar-refractivity contribution in [1.29, 1.82) is 0 Å². The second-order valence-electron chi connectivity index (χ2n) is 7.68. The Kier molecular flexibility index (Phi) is 5.86. The van der Waals surface area contributed by atoms with Crippen LogP contribution >= 0.6 is 0 Å². The Morgan fingerprint density at radius 2 is 1.88 bits per heavy atom. The highest BCUT2D eigenvalue weighted by atomic mass is 16.5. The lowest BCUT2D eigenvalue weighted by Crippen LogP contribution is -2.37. The van der Waals surface area contributed by atoms with Crippen LogP contribution in [-0.2, 0) is 11.8 Å². The van der Waals surface area contributed by atoms with Crippen molar-refractivity contribution >= 4 is 17.5 Å². The van der Waals surface area contributed by atoms with Gasteiger partial charge in [0.2, 0.25) is 5.95 Å². The summed E-state index contributed by atoms with van der Waals surface area (Å²) >= 11 is 0. The van der Waals surface area contributed by atoms with Gasteiger partial charge in [-0.1, -0.05) is 18.2 Å². The van der Waals surface area contributed by atoms with Gasteiger partial charge >= 0.3 is 0 Å². The van der Waals surface area contributed by atoms with E-state index in [2.05, 4.69) is 26.4 Å². The SMILES string of the molecule is COc1c(Nc2cccnc2)nc(N2CCOCC2)nc1-c1cccc(-c2ccn(C)n2)c1. The molecule has 4 aromatic rings. The van der Waals surface area contributed by atoms with E-state index in [9.17, 15) is 0 Å². The average Bonchev–Trinajstić information content (AvgIpc) is 3.31. The molecule has 0 bridgehead atoms. The van der Waals surface area contributed by atoms with Crippen molar-refractivity contribution in [3.63, 3.8) is 0 Å². The van der Waals surface area contributed by atoms with E-state index in [0.717, 1.165) is 35.6 Å². The number of rotatable bonds is 6. The monoisotopic (exact) mass is 443 g/mol. The van der Waals surface area contributed by atoms with Gasteiger partial charge in [-0.25, -0.2) is 4.98 Å². The van der Waals surface area contributed by atoms with Gasteiger partial charge in [0.05, 0.1) is 37.9 Å². The first kappa shape index (κ1) is 20.9. The van der Waals surface area contributed by atoms with Crippen molar-refractivity contribution < 1.29 is 9.47 Å². The Balaban J connectivity index is 1.63. The number of hydrogen-bond acceptors (Lipinski definition) is 8. The van der Waals surface area contributed by atoms with Crippen LogP contribution in [0.1, 0.15) is 0 Å². The molecule has 1 aliphatic heterocycles. The molecular formula is C24H25N7O2. The highest BCUT2D eigenvalue weighted by molar-refractivity contribution is 5.79. The first-order valence-electron chi connectivity index (χ1n) is 10.8. The summed E-state index contributed by atoms with van der Waals surface area (Å²) in [5, 5.41) is 7.88. The van der Waals surface area contributed by atoms with Crippen LogP contribution in [0.2, 0.25) is 0 Å². The topological polar surface area (TPSA) is 90.2 Å². The van der Waals surface area contributed by atoms with Crippen molar-refractivity contribution in [3.8, 4) is 28.3 Å². The van der Waals surface area contributed by atoms with Crippen LogP contribution in [0.4, 0.5) is 17.5 Å². The molecule has 0 atom stereocenters. The summed E-state index contributed by atoms with van der Waals surface area (Å²) in [5.41, 5.74) is 4.34. The Morgan fingerprint density at radius 3 is 2.61 bits per heavy atom. The largest absolute Gasteiger partial charge is 0.491 e. The van der Waals surface area contributed by atoms with Gasteiger partial charge < -0.3 is 19.7 Å². The fourth-order valence-corrected chi connectivity index (χ4v) is 3.79. The first-order chi connectivity index (χ1) is 16.2. The number of pyridine rings is 1. The number of anilines is 3. The molecule has 1 fully saturated rings. The molecule has 168 valence electrons. The highest BCUT2D eigenvalue weighted by Crippen LogP contribution is 2.38. The Bertz CT molecular complexity index is 1240.